The summed E-state index contributed by atoms with van der Waals surface area (Å²) in [6.07, 6.45) is 0. The van der Waals surface area contributed by atoms with Crippen LogP contribution in [-0.2, 0) is 0 Å². The van der Waals surface area contributed by atoms with Gasteiger partial charge in [-0.2, -0.15) is 0 Å². The Balaban J connectivity index is 2.24. The summed E-state index contributed by atoms with van der Waals surface area (Å²) < 4.78 is 0. The Hall–Kier alpha value is -1.91. The Morgan fingerprint density at radius 2 is 1.14 bits per heavy atom. The van der Waals surface area contributed by atoms with Gasteiger partial charge in [0, 0.05) is 0 Å². The molecular weight excluding hydrogens is 283 g/mol. The first-order valence-corrected chi connectivity index (χ1v) is 8.99. The van der Waals surface area contributed by atoms with Gasteiger partial charge in [0.1, 0.15) is 0 Å². The Bertz CT molecular complexity index is 744. The molecule has 0 aliphatic heterocycles. The monoisotopic (exact) mass is 304 g/mol. The lowest BCUT2D eigenvalue weighted by atomic mass is 10.2. The highest BCUT2D eigenvalue weighted by atomic mass is 31.1. The van der Waals surface area contributed by atoms with Crippen molar-refractivity contribution in [3.05, 3.63) is 89.5 Å². The molecule has 0 atom stereocenters. The van der Waals surface area contributed by atoms with Gasteiger partial charge in [0.2, 0.25) is 0 Å². The SMILES string of the molecule is Cc1cccc(P(c2ccccc2C)c2ccccc2C)c1. The van der Waals surface area contributed by atoms with Crippen LogP contribution in [0.25, 0.3) is 0 Å². The van der Waals surface area contributed by atoms with Crippen LogP contribution in [0.15, 0.2) is 72.8 Å². The highest BCUT2D eigenvalue weighted by Crippen LogP contribution is 2.35. The zero-order valence-electron chi connectivity index (χ0n) is 13.4. The van der Waals surface area contributed by atoms with Crippen LogP contribution in [0.3, 0.4) is 0 Å². The Labute approximate surface area is 134 Å². The van der Waals surface area contributed by atoms with Gasteiger partial charge in [-0.3, -0.25) is 0 Å². The molecule has 0 nitrogen and oxygen atoms in total. The molecular formula is C21H21P. The predicted octanol–water partition coefficient (Wildman–Crippen LogP) is 4.37. The molecule has 0 amide bonds. The lowest BCUT2D eigenvalue weighted by Gasteiger charge is -2.23. The highest BCUT2D eigenvalue weighted by molar-refractivity contribution is 7.80. The van der Waals surface area contributed by atoms with Crippen LogP contribution in [0.2, 0.25) is 0 Å². The number of aryl methyl sites for hydroxylation is 3. The van der Waals surface area contributed by atoms with Gasteiger partial charge in [0.05, 0.1) is 0 Å². The molecule has 110 valence electrons. The smallest absolute Gasteiger partial charge is 0.0122 e. The summed E-state index contributed by atoms with van der Waals surface area (Å²) >= 11 is 0. The topological polar surface area (TPSA) is 0 Å². The van der Waals surface area contributed by atoms with Crippen molar-refractivity contribution in [3.8, 4) is 0 Å². The second-order valence-corrected chi connectivity index (χ2v) is 7.90. The van der Waals surface area contributed by atoms with E-state index in [4.69, 9.17) is 0 Å². The molecule has 0 unspecified atom stereocenters. The molecule has 0 radical (unpaired) electrons. The average Bonchev–Trinajstić information content (AvgIpc) is 2.51. The van der Waals surface area contributed by atoms with Crippen LogP contribution in [0, 0.1) is 20.8 Å². The third kappa shape index (κ3) is 2.98. The minimum absolute atomic E-state index is 0.504. The molecule has 0 aliphatic rings. The van der Waals surface area contributed by atoms with E-state index < -0.39 is 7.92 Å². The van der Waals surface area contributed by atoms with Gasteiger partial charge in [-0.15, -0.1) is 0 Å². The molecule has 3 rings (SSSR count). The predicted molar refractivity (Wildman–Crippen MR) is 99.4 cm³/mol. The molecule has 0 fully saturated rings. The molecule has 0 saturated heterocycles. The van der Waals surface area contributed by atoms with Crippen molar-refractivity contribution < 1.29 is 0 Å². The molecule has 0 N–H and O–H groups in total. The van der Waals surface area contributed by atoms with E-state index in [1.807, 2.05) is 0 Å². The molecule has 0 saturated carbocycles. The zero-order chi connectivity index (χ0) is 15.5. The first-order chi connectivity index (χ1) is 10.7. The second-order valence-electron chi connectivity index (χ2n) is 5.75. The standard InChI is InChI=1S/C21H21P/c1-16-9-8-12-19(15-16)22(20-13-6-4-10-17(20)2)21-14-7-5-11-18(21)3/h4-15H,1-3H3. The second kappa shape index (κ2) is 6.46. The number of hydrogen-bond acceptors (Lipinski definition) is 0. The van der Waals surface area contributed by atoms with E-state index in [9.17, 15) is 0 Å². The fourth-order valence-electron chi connectivity index (χ4n) is 2.80. The Kier molecular flexibility index (Phi) is 4.41. The van der Waals surface area contributed by atoms with E-state index in [1.54, 1.807) is 0 Å². The van der Waals surface area contributed by atoms with Crippen molar-refractivity contribution in [2.75, 3.05) is 0 Å². The third-order valence-electron chi connectivity index (χ3n) is 3.97. The van der Waals surface area contributed by atoms with Crippen LogP contribution in [-0.4, -0.2) is 0 Å². The van der Waals surface area contributed by atoms with E-state index in [2.05, 4.69) is 93.6 Å². The minimum Gasteiger partial charge on any atom is -0.0620 e. The summed E-state index contributed by atoms with van der Waals surface area (Å²) in [5.74, 6) is 0. The van der Waals surface area contributed by atoms with Crippen LogP contribution in [0.5, 0.6) is 0 Å². The fourth-order valence-corrected chi connectivity index (χ4v) is 5.51. The van der Waals surface area contributed by atoms with Crippen LogP contribution >= 0.6 is 7.92 Å². The maximum Gasteiger partial charge on any atom is -0.0122 e. The first-order valence-electron chi connectivity index (χ1n) is 7.65. The van der Waals surface area contributed by atoms with Crippen molar-refractivity contribution in [1.82, 2.24) is 0 Å². The number of hydrogen-bond donors (Lipinski definition) is 0. The lowest BCUT2D eigenvalue weighted by Crippen LogP contribution is -2.24. The molecule has 0 aliphatic carbocycles. The normalized spacial score (nSPS) is 10.9. The lowest BCUT2D eigenvalue weighted by molar-refractivity contribution is 1.49. The maximum absolute atomic E-state index is 2.34. The van der Waals surface area contributed by atoms with E-state index in [0.717, 1.165) is 0 Å². The van der Waals surface area contributed by atoms with Crippen LogP contribution < -0.4 is 15.9 Å². The zero-order valence-corrected chi connectivity index (χ0v) is 14.3. The molecule has 1 heteroatoms. The minimum atomic E-state index is -0.504. The van der Waals surface area contributed by atoms with E-state index in [1.165, 1.54) is 32.6 Å². The van der Waals surface area contributed by atoms with Gasteiger partial charge in [0.25, 0.3) is 0 Å². The van der Waals surface area contributed by atoms with E-state index in [0.29, 0.717) is 0 Å². The summed E-state index contributed by atoms with van der Waals surface area (Å²) in [6.45, 7) is 6.62. The Morgan fingerprint density at radius 3 is 1.64 bits per heavy atom. The molecule has 0 heterocycles. The van der Waals surface area contributed by atoms with Crippen molar-refractivity contribution in [2.45, 2.75) is 20.8 Å². The van der Waals surface area contributed by atoms with Crippen molar-refractivity contribution in [1.29, 1.82) is 0 Å². The molecule has 0 bridgehead atoms. The van der Waals surface area contributed by atoms with Gasteiger partial charge in [0.15, 0.2) is 0 Å². The van der Waals surface area contributed by atoms with Gasteiger partial charge in [-0.25, -0.2) is 0 Å². The number of benzene rings is 3. The molecule has 3 aromatic rings. The molecule has 0 spiro atoms. The van der Waals surface area contributed by atoms with Crippen molar-refractivity contribution in [2.24, 2.45) is 0 Å². The van der Waals surface area contributed by atoms with E-state index >= 15 is 0 Å². The summed E-state index contributed by atoms with van der Waals surface area (Å²) in [6, 6.07) is 26.5. The average molecular weight is 304 g/mol. The van der Waals surface area contributed by atoms with Crippen LogP contribution in [0.4, 0.5) is 0 Å². The van der Waals surface area contributed by atoms with Gasteiger partial charge < -0.3 is 0 Å². The molecule has 3 aromatic carbocycles. The van der Waals surface area contributed by atoms with Gasteiger partial charge in [-0.1, -0.05) is 78.4 Å². The Morgan fingerprint density at radius 1 is 0.591 bits per heavy atom. The largest absolute Gasteiger partial charge is 0.0620 e. The highest BCUT2D eigenvalue weighted by Gasteiger charge is 2.19. The number of rotatable bonds is 3. The fraction of sp³-hybridized carbons (Fsp3) is 0.143. The van der Waals surface area contributed by atoms with Gasteiger partial charge in [-0.05, 0) is 55.7 Å². The van der Waals surface area contributed by atoms with E-state index in [-0.39, 0.29) is 0 Å². The maximum atomic E-state index is 2.34. The molecule has 0 aromatic heterocycles. The van der Waals surface area contributed by atoms with Crippen molar-refractivity contribution in [3.63, 3.8) is 0 Å². The van der Waals surface area contributed by atoms with Crippen molar-refractivity contribution >= 4 is 23.8 Å². The summed E-state index contributed by atoms with van der Waals surface area (Å²) in [5.41, 5.74) is 4.07. The van der Waals surface area contributed by atoms with Gasteiger partial charge >= 0.3 is 0 Å². The summed E-state index contributed by atoms with van der Waals surface area (Å²) in [7, 11) is -0.504. The first kappa shape index (κ1) is 15.0. The third-order valence-corrected chi connectivity index (χ3v) is 6.73. The molecule has 22 heavy (non-hydrogen) atoms. The van der Waals surface area contributed by atoms with Crippen LogP contribution in [0.1, 0.15) is 16.7 Å². The quantitative estimate of drug-likeness (QED) is 0.630. The summed E-state index contributed by atoms with van der Waals surface area (Å²) in [4.78, 5) is 0. The summed E-state index contributed by atoms with van der Waals surface area (Å²) in [5, 5.41) is 4.34.